The van der Waals surface area contributed by atoms with Gasteiger partial charge in [0.15, 0.2) is 5.75 Å². The van der Waals surface area contributed by atoms with Gasteiger partial charge in [-0.3, -0.25) is 9.52 Å². The summed E-state index contributed by atoms with van der Waals surface area (Å²) in [7, 11) is -2.24. The van der Waals surface area contributed by atoms with Gasteiger partial charge in [0.05, 0.1) is 43.5 Å². The van der Waals surface area contributed by atoms with Crippen LogP contribution >= 0.6 is 0 Å². The number of amides is 3. The molecule has 278 valence electrons. The predicted octanol–water partition coefficient (Wildman–Crippen LogP) is 8.60. The highest BCUT2D eigenvalue weighted by molar-refractivity contribution is 7.92. The number of benzene rings is 5. The van der Waals surface area contributed by atoms with Crippen molar-refractivity contribution in [3.05, 3.63) is 132 Å². The summed E-state index contributed by atoms with van der Waals surface area (Å²) < 4.78 is 39.2. The van der Waals surface area contributed by atoms with Gasteiger partial charge in [-0.25, -0.2) is 13.2 Å². The van der Waals surface area contributed by atoms with E-state index >= 15 is 0 Å². The number of carbonyl (C=O) groups excluding carboxylic acids is 2. The first-order valence-electron chi connectivity index (χ1n) is 17.6. The predicted molar refractivity (Wildman–Crippen MR) is 214 cm³/mol. The van der Waals surface area contributed by atoms with Gasteiger partial charge in [-0.2, -0.15) is 0 Å². The number of methoxy groups -OCH3 is 1. The highest BCUT2D eigenvalue weighted by Crippen LogP contribution is 2.40. The molecule has 5 aromatic carbocycles. The van der Waals surface area contributed by atoms with E-state index in [0.717, 1.165) is 33.8 Å². The molecule has 11 nitrogen and oxygen atoms in total. The van der Waals surface area contributed by atoms with Crippen molar-refractivity contribution in [3.63, 3.8) is 0 Å². The number of ether oxygens (including phenoxy) is 2. The fourth-order valence-corrected chi connectivity index (χ4v) is 7.55. The van der Waals surface area contributed by atoms with E-state index < -0.39 is 16.1 Å². The number of carbonyl (C=O) groups is 2. The zero-order chi connectivity index (χ0) is 38.2. The summed E-state index contributed by atoms with van der Waals surface area (Å²) in [5.74, 6) is 0.0190. The second kappa shape index (κ2) is 14.5. The van der Waals surface area contributed by atoms with E-state index in [9.17, 15) is 18.0 Å². The Morgan fingerprint density at radius 1 is 0.796 bits per heavy atom. The molecule has 4 N–H and O–H groups in total. The first-order valence-corrected chi connectivity index (χ1v) is 19.5. The van der Waals surface area contributed by atoms with Crippen LogP contribution in [0, 0.1) is 0 Å². The standard InChI is InChI=1S/C42H43N5O6S/c1-42(2,3)27-21-35(39(52-4)36(22-27)46-54(5,50)51)45-41(49)44-34-20-19-31(28-15-9-10-16-29(28)34)40(48)47-24-37(26-13-7-6-8-14-26)53-38(25-47)32-23-43-33-18-12-11-17-30(32)33/h6-23,37-38,43,46H,24-25H2,1-5H3,(H2,44,45,49). The van der Waals surface area contributed by atoms with Crippen molar-refractivity contribution in [1.82, 2.24) is 9.88 Å². The number of hydrogen-bond donors (Lipinski definition) is 4. The Kier molecular flexibility index (Phi) is 9.82. The molecule has 7 rings (SSSR count). The van der Waals surface area contributed by atoms with Crippen LogP contribution in [-0.4, -0.2) is 56.7 Å². The van der Waals surface area contributed by atoms with Gasteiger partial charge < -0.3 is 30.0 Å². The number of nitrogens with one attached hydrogen (secondary N) is 4. The van der Waals surface area contributed by atoms with E-state index in [0.29, 0.717) is 35.1 Å². The van der Waals surface area contributed by atoms with Crippen molar-refractivity contribution >= 4 is 60.7 Å². The van der Waals surface area contributed by atoms with Crippen molar-refractivity contribution in [1.29, 1.82) is 0 Å². The topological polar surface area (TPSA) is 142 Å². The number of nitrogens with zero attached hydrogens (tertiary/aromatic N) is 1. The number of hydrogen-bond acceptors (Lipinski definition) is 6. The third-order valence-corrected chi connectivity index (χ3v) is 10.2. The van der Waals surface area contributed by atoms with E-state index in [1.807, 2.05) is 105 Å². The summed E-state index contributed by atoms with van der Waals surface area (Å²) in [6.07, 6.45) is 2.30. The van der Waals surface area contributed by atoms with Crippen LogP contribution in [0.15, 0.2) is 109 Å². The molecule has 2 heterocycles. The number of fused-ring (bicyclic) bond motifs is 2. The molecule has 1 aliphatic rings. The van der Waals surface area contributed by atoms with Crippen LogP contribution in [-0.2, 0) is 20.2 Å². The molecule has 0 bridgehead atoms. The number of morpholine rings is 1. The third-order valence-electron chi connectivity index (χ3n) is 9.63. The highest BCUT2D eigenvalue weighted by Gasteiger charge is 2.34. The highest BCUT2D eigenvalue weighted by atomic mass is 32.2. The number of anilines is 3. The molecule has 54 heavy (non-hydrogen) atoms. The number of rotatable bonds is 8. The van der Waals surface area contributed by atoms with Crippen LogP contribution < -0.4 is 20.1 Å². The van der Waals surface area contributed by atoms with Crippen molar-refractivity contribution in [2.75, 3.05) is 41.8 Å². The molecule has 1 aromatic heterocycles. The zero-order valence-corrected chi connectivity index (χ0v) is 31.6. The van der Waals surface area contributed by atoms with E-state index in [-0.39, 0.29) is 40.7 Å². The molecular formula is C42H43N5O6S. The summed E-state index contributed by atoms with van der Waals surface area (Å²) in [4.78, 5) is 33.4. The summed E-state index contributed by atoms with van der Waals surface area (Å²) in [6, 6.07) is 31.8. The summed E-state index contributed by atoms with van der Waals surface area (Å²) in [5.41, 5.74) is 4.86. The maximum atomic E-state index is 14.6. The normalized spacial score (nSPS) is 16.3. The Morgan fingerprint density at radius 3 is 2.13 bits per heavy atom. The van der Waals surface area contributed by atoms with Gasteiger partial charge >= 0.3 is 6.03 Å². The van der Waals surface area contributed by atoms with Gasteiger partial charge in [0.1, 0.15) is 12.2 Å². The Morgan fingerprint density at radius 2 is 1.43 bits per heavy atom. The van der Waals surface area contributed by atoms with Crippen molar-refractivity contribution in [3.8, 4) is 5.75 Å². The first kappa shape index (κ1) is 36.5. The van der Waals surface area contributed by atoms with Crippen molar-refractivity contribution < 1.29 is 27.5 Å². The summed E-state index contributed by atoms with van der Waals surface area (Å²) in [6.45, 7) is 6.67. The van der Waals surface area contributed by atoms with Gasteiger partial charge in [0.25, 0.3) is 5.91 Å². The van der Waals surface area contributed by atoms with Crippen LogP contribution in [0.4, 0.5) is 21.9 Å². The molecule has 0 saturated carbocycles. The summed E-state index contributed by atoms with van der Waals surface area (Å²) in [5, 5.41) is 8.19. The Hall–Kier alpha value is -5.85. The molecule has 1 fully saturated rings. The Labute approximate surface area is 314 Å². The number of aromatic nitrogens is 1. The van der Waals surface area contributed by atoms with Gasteiger partial charge in [-0.15, -0.1) is 0 Å². The molecule has 0 aliphatic carbocycles. The average Bonchev–Trinajstić information content (AvgIpc) is 3.58. The average molecular weight is 746 g/mol. The molecular weight excluding hydrogens is 703 g/mol. The zero-order valence-electron chi connectivity index (χ0n) is 30.8. The van der Waals surface area contributed by atoms with E-state index in [1.165, 1.54) is 7.11 Å². The lowest BCUT2D eigenvalue weighted by molar-refractivity contribution is -0.0791. The van der Waals surface area contributed by atoms with Crippen LogP contribution in [0.3, 0.4) is 0 Å². The molecule has 12 heteroatoms. The minimum atomic E-state index is -3.65. The molecule has 0 radical (unpaired) electrons. The molecule has 1 saturated heterocycles. The van der Waals surface area contributed by atoms with Gasteiger partial charge in [0.2, 0.25) is 10.0 Å². The summed E-state index contributed by atoms with van der Waals surface area (Å²) >= 11 is 0. The molecule has 1 aliphatic heterocycles. The van der Waals surface area contributed by atoms with Crippen LogP contribution in [0.5, 0.6) is 5.75 Å². The van der Waals surface area contributed by atoms with Crippen LogP contribution in [0.2, 0.25) is 0 Å². The van der Waals surface area contributed by atoms with Gasteiger partial charge in [0, 0.05) is 33.6 Å². The molecule has 2 atom stereocenters. The number of H-pyrrole nitrogens is 1. The molecule has 2 unspecified atom stereocenters. The quantitative estimate of drug-likeness (QED) is 0.123. The number of sulfonamides is 1. The van der Waals surface area contributed by atoms with Crippen LogP contribution in [0.1, 0.15) is 60.0 Å². The Balaban J connectivity index is 1.19. The second-order valence-corrected chi connectivity index (χ2v) is 16.3. The monoisotopic (exact) mass is 745 g/mol. The minimum absolute atomic E-state index is 0.147. The van der Waals surface area contributed by atoms with E-state index in [2.05, 4.69) is 26.4 Å². The SMILES string of the molecule is COc1c(NC(=O)Nc2ccc(C(=O)N3CC(c4ccccc4)OC(c4c[nH]c5ccccc45)C3)c3ccccc23)cc(C(C)(C)C)cc1NS(C)(=O)=O. The van der Waals surface area contributed by atoms with Crippen molar-refractivity contribution in [2.24, 2.45) is 0 Å². The van der Waals surface area contributed by atoms with Gasteiger partial charge in [-0.05, 0) is 52.3 Å². The fraction of sp³-hybridized carbons (Fsp3) is 0.238. The fourth-order valence-electron chi connectivity index (χ4n) is 7.00. The lowest BCUT2D eigenvalue weighted by Gasteiger charge is -2.38. The molecule has 0 spiro atoms. The first-order chi connectivity index (χ1) is 25.8. The molecule has 6 aromatic rings. The van der Waals surface area contributed by atoms with Crippen LogP contribution in [0.25, 0.3) is 21.7 Å². The number of urea groups is 1. The maximum absolute atomic E-state index is 14.6. The van der Waals surface area contributed by atoms with E-state index in [1.54, 1.807) is 24.3 Å². The third kappa shape index (κ3) is 7.61. The van der Waals surface area contributed by atoms with E-state index in [4.69, 9.17) is 9.47 Å². The minimum Gasteiger partial charge on any atom is -0.492 e. The largest absolute Gasteiger partial charge is 0.492 e. The smallest absolute Gasteiger partial charge is 0.323 e. The van der Waals surface area contributed by atoms with Gasteiger partial charge in [-0.1, -0.05) is 93.6 Å². The number of para-hydroxylation sites is 1. The lowest BCUT2D eigenvalue weighted by Crippen LogP contribution is -2.43. The lowest BCUT2D eigenvalue weighted by atomic mass is 9.86. The Bertz CT molecular complexity index is 2470. The molecule has 3 amide bonds. The second-order valence-electron chi connectivity index (χ2n) is 14.5. The maximum Gasteiger partial charge on any atom is 0.323 e. The van der Waals surface area contributed by atoms with Crippen molar-refractivity contribution in [2.45, 2.75) is 38.4 Å². The number of aromatic amines is 1.